The summed E-state index contributed by atoms with van der Waals surface area (Å²) < 4.78 is 32.9. The van der Waals surface area contributed by atoms with Crippen molar-refractivity contribution in [3.05, 3.63) is 32.6 Å². The molecule has 0 aliphatic carbocycles. The van der Waals surface area contributed by atoms with Gasteiger partial charge < -0.3 is 33.3 Å². The average molecular weight is 686 g/mol. The van der Waals surface area contributed by atoms with Gasteiger partial charge in [0.2, 0.25) is 0 Å². The maximum Gasteiger partial charge on any atom is 0.328 e. The zero-order valence-electron chi connectivity index (χ0n) is 29.6. The molecular weight excluding hydrogens is 630 g/mol. The van der Waals surface area contributed by atoms with E-state index in [-0.39, 0.29) is 65.4 Å². The number of hydrogen-bond donors (Lipinski definition) is 1. The van der Waals surface area contributed by atoms with Crippen LogP contribution in [-0.2, 0) is 54.1 Å². The van der Waals surface area contributed by atoms with E-state index < -0.39 is 58.8 Å². The first-order valence-corrected chi connectivity index (χ1v) is 16.6. The van der Waals surface area contributed by atoms with E-state index in [1.807, 2.05) is 13.8 Å². The molecule has 0 aliphatic rings. The molecule has 0 spiro atoms. The molecule has 0 saturated heterocycles. The van der Waals surface area contributed by atoms with Crippen molar-refractivity contribution >= 4 is 23.9 Å². The van der Waals surface area contributed by atoms with E-state index in [0.29, 0.717) is 18.5 Å². The number of nitrogens with one attached hydrogen (secondary N) is 1. The molecule has 15 heteroatoms. The summed E-state index contributed by atoms with van der Waals surface area (Å²) in [7, 11) is 2.94. The molecule has 15 nitrogen and oxygen atoms in total. The summed E-state index contributed by atoms with van der Waals surface area (Å²) in [6.45, 7) is 11.5. The van der Waals surface area contributed by atoms with E-state index >= 15 is 0 Å². The molecule has 4 unspecified atom stereocenters. The second-order valence-electron chi connectivity index (χ2n) is 11.6. The summed E-state index contributed by atoms with van der Waals surface area (Å²) in [5, 5.41) is 0. The Bertz CT molecular complexity index is 1240. The lowest BCUT2D eigenvalue weighted by atomic mass is 9.82. The number of carbonyl (C=O) groups excluding carboxylic acids is 4. The van der Waals surface area contributed by atoms with Crippen LogP contribution in [0.1, 0.15) is 58.9 Å². The topological polar surface area (TPSA) is 182 Å². The smallest absolute Gasteiger partial charge is 0.328 e. The second kappa shape index (κ2) is 23.7. The Morgan fingerprint density at radius 3 is 1.77 bits per heavy atom. The molecule has 48 heavy (non-hydrogen) atoms. The van der Waals surface area contributed by atoms with Crippen LogP contribution in [0.15, 0.2) is 15.8 Å². The van der Waals surface area contributed by atoms with Gasteiger partial charge in [0.15, 0.2) is 0 Å². The molecule has 0 aliphatic heterocycles. The molecule has 1 heterocycles. The van der Waals surface area contributed by atoms with Crippen molar-refractivity contribution in [3.8, 4) is 0 Å². The summed E-state index contributed by atoms with van der Waals surface area (Å²) >= 11 is 0. The maximum absolute atomic E-state index is 13.6. The monoisotopic (exact) mass is 685 g/mol. The standard InChI is InChI=1S/C33H55N3O12/c1-8-25(30(39)47-17-15-43-6)20-27(32(41)46-14-12-36-22-24(5)28(37)34-33(36)42)21-26(31(40)48-18-16-44-7)19-23(4)29(38)45-13-11-35(9-2)10-3/h22-23,25-27H,8-21H2,1-7H3,(H,34,37,42). The number of esters is 4. The summed E-state index contributed by atoms with van der Waals surface area (Å²) in [6.07, 6.45) is 1.66. The van der Waals surface area contributed by atoms with E-state index in [4.69, 9.17) is 28.4 Å². The SMILES string of the molecule is CCC(CC(CC(CC(C)C(=O)OCCN(CC)CC)C(=O)OCCOC)C(=O)OCCn1cc(C)c(=O)[nH]c1=O)C(=O)OCCOC. The largest absolute Gasteiger partial charge is 0.464 e. The normalized spacial score (nSPS) is 13.8. The van der Waals surface area contributed by atoms with E-state index in [0.717, 1.165) is 13.1 Å². The summed E-state index contributed by atoms with van der Waals surface area (Å²) in [6, 6.07) is 0. The molecular formula is C33H55N3O12. The molecule has 0 aromatic carbocycles. The molecule has 1 rings (SSSR count). The summed E-state index contributed by atoms with van der Waals surface area (Å²) in [4.78, 5) is 80.9. The Balaban J connectivity index is 3.21. The summed E-state index contributed by atoms with van der Waals surface area (Å²) in [5.41, 5.74) is -0.853. The van der Waals surface area contributed by atoms with Gasteiger partial charge in [-0.3, -0.25) is 33.5 Å². The number of aromatic amines is 1. The van der Waals surface area contributed by atoms with Gasteiger partial charge in [0.1, 0.15) is 26.4 Å². The number of hydrogen-bond acceptors (Lipinski definition) is 13. The molecule has 4 atom stereocenters. The van der Waals surface area contributed by atoms with E-state index in [2.05, 4.69) is 9.88 Å². The van der Waals surface area contributed by atoms with Crippen LogP contribution in [0.3, 0.4) is 0 Å². The number of aryl methyl sites for hydroxylation is 1. The Kier molecular flexibility index (Phi) is 21.0. The van der Waals surface area contributed by atoms with Crippen LogP contribution in [0.5, 0.6) is 0 Å². The van der Waals surface area contributed by atoms with Crippen LogP contribution >= 0.6 is 0 Å². The molecule has 1 aromatic rings. The molecule has 274 valence electrons. The fourth-order valence-corrected chi connectivity index (χ4v) is 5.01. The number of likely N-dealkylation sites (N-methyl/N-ethyl adjacent to an activating group) is 1. The summed E-state index contributed by atoms with van der Waals surface area (Å²) in [5.74, 6) is -5.61. The van der Waals surface area contributed by atoms with Crippen LogP contribution in [0.25, 0.3) is 0 Å². The van der Waals surface area contributed by atoms with Crippen LogP contribution in [0.4, 0.5) is 0 Å². The number of H-pyrrole nitrogens is 1. The highest BCUT2D eigenvalue weighted by Gasteiger charge is 2.35. The van der Waals surface area contributed by atoms with Crippen molar-refractivity contribution in [1.82, 2.24) is 14.5 Å². The van der Waals surface area contributed by atoms with E-state index in [1.165, 1.54) is 25.0 Å². The number of rotatable bonds is 25. The Labute approximate surface area is 282 Å². The van der Waals surface area contributed by atoms with Gasteiger partial charge in [0.05, 0.1) is 43.4 Å². The van der Waals surface area contributed by atoms with Gasteiger partial charge in [-0.25, -0.2) is 4.79 Å². The third-order valence-electron chi connectivity index (χ3n) is 8.05. The number of nitrogens with zero attached hydrogens (tertiary/aromatic N) is 2. The maximum atomic E-state index is 13.6. The minimum absolute atomic E-state index is 0.00338. The van der Waals surface area contributed by atoms with Crippen LogP contribution in [0, 0.1) is 30.6 Å². The highest BCUT2D eigenvalue weighted by Crippen LogP contribution is 2.29. The van der Waals surface area contributed by atoms with Gasteiger partial charge in [-0.15, -0.1) is 0 Å². The lowest BCUT2D eigenvalue weighted by Gasteiger charge is -2.26. The Morgan fingerprint density at radius 1 is 0.729 bits per heavy atom. The third kappa shape index (κ3) is 15.6. The lowest BCUT2D eigenvalue weighted by molar-refractivity contribution is -0.156. The number of ether oxygens (including phenoxy) is 6. The minimum atomic E-state index is -0.968. The molecule has 0 fully saturated rings. The number of methoxy groups -OCH3 is 2. The predicted octanol–water partition coefficient (Wildman–Crippen LogP) is 1.72. The fourth-order valence-electron chi connectivity index (χ4n) is 5.01. The Hall–Kier alpha value is -3.56. The van der Waals surface area contributed by atoms with Crippen molar-refractivity contribution in [2.45, 2.75) is 66.8 Å². The third-order valence-corrected chi connectivity index (χ3v) is 8.05. The van der Waals surface area contributed by atoms with E-state index in [1.54, 1.807) is 20.8 Å². The van der Waals surface area contributed by atoms with Crippen LogP contribution in [-0.4, -0.2) is 112 Å². The van der Waals surface area contributed by atoms with Crippen molar-refractivity contribution in [1.29, 1.82) is 0 Å². The van der Waals surface area contributed by atoms with Crippen molar-refractivity contribution in [2.75, 3.05) is 73.5 Å². The predicted molar refractivity (Wildman–Crippen MR) is 175 cm³/mol. The van der Waals surface area contributed by atoms with Crippen molar-refractivity contribution in [3.63, 3.8) is 0 Å². The first-order chi connectivity index (χ1) is 22.9. The average Bonchev–Trinajstić information content (AvgIpc) is 3.06. The zero-order valence-corrected chi connectivity index (χ0v) is 29.6. The number of aromatic nitrogens is 2. The zero-order chi connectivity index (χ0) is 36.1. The molecule has 1 aromatic heterocycles. The highest BCUT2D eigenvalue weighted by atomic mass is 16.6. The van der Waals surface area contributed by atoms with Gasteiger partial charge in [0.25, 0.3) is 5.56 Å². The van der Waals surface area contributed by atoms with Crippen LogP contribution < -0.4 is 11.2 Å². The van der Waals surface area contributed by atoms with Gasteiger partial charge in [-0.1, -0.05) is 27.7 Å². The molecule has 0 radical (unpaired) electrons. The Morgan fingerprint density at radius 2 is 1.23 bits per heavy atom. The van der Waals surface area contributed by atoms with E-state index in [9.17, 15) is 28.8 Å². The van der Waals surface area contributed by atoms with Crippen molar-refractivity contribution in [2.24, 2.45) is 23.7 Å². The first kappa shape index (κ1) is 42.5. The molecule has 0 saturated carbocycles. The lowest BCUT2D eigenvalue weighted by Crippen LogP contribution is -2.34. The van der Waals surface area contributed by atoms with Crippen LogP contribution in [0.2, 0.25) is 0 Å². The van der Waals surface area contributed by atoms with Gasteiger partial charge in [-0.05, 0) is 45.7 Å². The second-order valence-corrected chi connectivity index (χ2v) is 11.6. The first-order valence-electron chi connectivity index (χ1n) is 16.6. The fraction of sp³-hybridized carbons (Fsp3) is 0.758. The minimum Gasteiger partial charge on any atom is -0.464 e. The quantitative estimate of drug-likeness (QED) is 0.0893. The molecule has 1 N–H and O–H groups in total. The van der Waals surface area contributed by atoms with Gasteiger partial charge >= 0.3 is 29.6 Å². The highest BCUT2D eigenvalue weighted by molar-refractivity contribution is 5.79. The molecule has 0 amide bonds. The number of carbonyl (C=O) groups is 4. The van der Waals surface area contributed by atoms with Gasteiger partial charge in [0, 0.05) is 32.5 Å². The van der Waals surface area contributed by atoms with Crippen molar-refractivity contribution < 1.29 is 47.6 Å². The molecule has 0 bridgehead atoms. The van der Waals surface area contributed by atoms with Gasteiger partial charge in [-0.2, -0.15) is 0 Å².